The largest absolute Gasteiger partial charge is 0.357 e. The van der Waals surface area contributed by atoms with Crippen LogP contribution >= 0.6 is 0 Å². The van der Waals surface area contributed by atoms with E-state index in [0.717, 1.165) is 17.8 Å². The summed E-state index contributed by atoms with van der Waals surface area (Å²) >= 11 is 0. The van der Waals surface area contributed by atoms with Crippen molar-refractivity contribution in [1.82, 2.24) is 15.3 Å². The molecule has 0 radical (unpaired) electrons. The molecule has 4 N–H and O–H groups in total. The van der Waals surface area contributed by atoms with Crippen LogP contribution in [0.3, 0.4) is 0 Å². The molecule has 40 heavy (non-hydrogen) atoms. The zero-order chi connectivity index (χ0) is 28.6. The van der Waals surface area contributed by atoms with Crippen LogP contribution in [0.5, 0.6) is 0 Å². The molecule has 1 atom stereocenters. The van der Waals surface area contributed by atoms with Crippen LogP contribution in [0.4, 0.5) is 20.2 Å². The average Bonchev–Trinajstić information content (AvgIpc) is 3.38. The summed E-state index contributed by atoms with van der Waals surface area (Å²) in [5.74, 6) is -2.17. The van der Waals surface area contributed by atoms with Gasteiger partial charge < -0.3 is 20.9 Å². The second kappa shape index (κ2) is 10.6. The highest BCUT2D eigenvalue weighted by Crippen LogP contribution is 2.35. The van der Waals surface area contributed by atoms with Crippen LogP contribution < -0.4 is 16.0 Å². The summed E-state index contributed by atoms with van der Waals surface area (Å²) in [4.78, 5) is 45.2. The third-order valence-corrected chi connectivity index (χ3v) is 6.78. The van der Waals surface area contributed by atoms with E-state index in [0.29, 0.717) is 45.0 Å². The minimum atomic E-state index is -0.683. The fraction of sp³-hybridized carbons (Fsp3) is 0.133. The lowest BCUT2D eigenvalue weighted by atomic mass is 10.0. The van der Waals surface area contributed by atoms with Crippen molar-refractivity contribution in [3.05, 3.63) is 112 Å². The SMILES string of the molecule is Cc1[nH]c(/C=C2\C(=O)Nc3ccc(C(=O)N[C@H](C)c4ccc(F)cc4)cc32)c(C)c1NC(=O)c1ccc(F)nc1. The number of hydrogen-bond donors (Lipinski definition) is 4. The summed E-state index contributed by atoms with van der Waals surface area (Å²) in [7, 11) is 0. The van der Waals surface area contributed by atoms with E-state index in [1.54, 1.807) is 57.2 Å². The highest BCUT2D eigenvalue weighted by molar-refractivity contribution is 6.35. The van der Waals surface area contributed by atoms with Crippen LogP contribution in [0, 0.1) is 25.6 Å². The zero-order valence-corrected chi connectivity index (χ0v) is 21.9. The minimum absolute atomic E-state index is 0.199. The van der Waals surface area contributed by atoms with Crippen LogP contribution in [-0.4, -0.2) is 27.7 Å². The second-order valence-electron chi connectivity index (χ2n) is 9.51. The lowest BCUT2D eigenvalue weighted by Gasteiger charge is -2.15. The number of nitrogens with zero attached hydrogens (tertiary/aromatic N) is 1. The monoisotopic (exact) mass is 541 g/mol. The highest BCUT2D eigenvalue weighted by Gasteiger charge is 2.27. The molecule has 0 saturated heterocycles. The van der Waals surface area contributed by atoms with Crippen molar-refractivity contribution in [2.24, 2.45) is 0 Å². The number of benzene rings is 2. The van der Waals surface area contributed by atoms with Gasteiger partial charge in [0.25, 0.3) is 17.7 Å². The van der Waals surface area contributed by atoms with E-state index in [9.17, 15) is 23.2 Å². The van der Waals surface area contributed by atoms with Gasteiger partial charge in [-0.1, -0.05) is 12.1 Å². The van der Waals surface area contributed by atoms with Gasteiger partial charge in [0.2, 0.25) is 5.95 Å². The molecule has 0 bridgehead atoms. The number of carbonyl (C=O) groups is 3. The molecule has 1 aliphatic rings. The van der Waals surface area contributed by atoms with Gasteiger partial charge in [0.15, 0.2) is 0 Å². The number of H-pyrrole nitrogens is 1. The van der Waals surface area contributed by atoms with Gasteiger partial charge in [0.05, 0.1) is 22.9 Å². The summed E-state index contributed by atoms with van der Waals surface area (Å²) in [6, 6.07) is 12.9. The van der Waals surface area contributed by atoms with E-state index in [-0.39, 0.29) is 29.2 Å². The summed E-state index contributed by atoms with van der Waals surface area (Å²) < 4.78 is 26.4. The first-order chi connectivity index (χ1) is 19.1. The van der Waals surface area contributed by atoms with Gasteiger partial charge in [-0.2, -0.15) is 4.39 Å². The van der Waals surface area contributed by atoms with Crippen molar-refractivity contribution >= 4 is 40.7 Å². The summed E-state index contributed by atoms with van der Waals surface area (Å²) in [6.07, 6.45) is 2.82. The standard InChI is InChI=1S/C30H25F2N5O3/c1-15-25(34-17(3)27(15)37-29(39)20-7-11-26(32)33-14-20)13-23-22-12-19(6-10-24(22)36-30(23)40)28(38)35-16(2)18-4-8-21(31)9-5-18/h4-14,16,34H,1-3H3,(H,35,38)(H,36,40)(H,37,39)/b23-13-/t16-/m1/s1. The molecular formula is C30H25F2N5O3. The molecule has 3 heterocycles. The molecule has 5 rings (SSSR count). The van der Waals surface area contributed by atoms with Gasteiger partial charge in [0.1, 0.15) is 5.82 Å². The predicted molar refractivity (Wildman–Crippen MR) is 148 cm³/mol. The Balaban J connectivity index is 1.39. The third kappa shape index (κ3) is 5.24. The van der Waals surface area contributed by atoms with E-state index >= 15 is 0 Å². The third-order valence-electron chi connectivity index (χ3n) is 6.78. The number of nitrogens with one attached hydrogen (secondary N) is 4. The van der Waals surface area contributed by atoms with E-state index in [2.05, 4.69) is 25.9 Å². The van der Waals surface area contributed by atoms with Crippen molar-refractivity contribution < 1.29 is 23.2 Å². The van der Waals surface area contributed by atoms with Gasteiger partial charge in [-0.15, -0.1) is 0 Å². The first-order valence-electron chi connectivity index (χ1n) is 12.5. The Hall–Kier alpha value is -5.12. The fourth-order valence-electron chi connectivity index (χ4n) is 4.53. The Labute approximate surface area is 228 Å². The Bertz CT molecular complexity index is 1670. The Morgan fingerprint density at radius 3 is 2.40 bits per heavy atom. The number of aromatic nitrogens is 2. The fourth-order valence-corrected chi connectivity index (χ4v) is 4.53. The maximum absolute atomic E-state index is 13.3. The van der Waals surface area contributed by atoms with Gasteiger partial charge in [-0.05, 0) is 80.4 Å². The van der Waals surface area contributed by atoms with Crippen molar-refractivity contribution in [3.63, 3.8) is 0 Å². The molecule has 4 aromatic rings. The molecule has 0 fully saturated rings. The van der Waals surface area contributed by atoms with Crippen LogP contribution in [0.2, 0.25) is 0 Å². The Morgan fingerprint density at radius 1 is 0.975 bits per heavy atom. The molecule has 2 aromatic carbocycles. The molecule has 202 valence electrons. The molecule has 0 aliphatic carbocycles. The van der Waals surface area contributed by atoms with E-state index < -0.39 is 11.9 Å². The van der Waals surface area contributed by atoms with Crippen LogP contribution in [0.25, 0.3) is 11.6 Å². The number of aryl methyl sites for hydroxylation is 1. The zero-order valence-electron chi connectivity index (χ0n) is 21.9. The number of fused-ring (bicyclic) bond motifs is 1. The second-order valence-corrected chi connectivity index (χ2v) is 9.51. The normalized spacial score (nSPS) is 14.0. The molecule has 0 spiro atoms. The molecule has 3 amide bonds. The number of halogens is 2. The molecular weight excluding hydrogens is 516 g/mol. The number of amides is 3. The molecule has 0 unspecified atom stereocenters. The van der Waals surface area contributed by atoms with Crippen molar-refractivity contribution in [3.8, 4) is 0 Å². The first kappa shape index (κ1) is 26.5. The lowest BCUT2D eigenvalue weighted by molar-refractivity contribution is -0.110. The highest BCUT2D eigenvalue weighted by atomic mass is 19.1. The maximum atomic E-state index is 13.3. The van der Waals surface area contributed by atoms with Gasteiger partial charge in [0, 0.05) is 34.4 Å². The number of hydrogen-bond acceptors (Lipinski definition) is 4. The minimum Gasteiger partial charge on any atom is -0.357 e. The van der Waals surface area contributed by atoms with Gasteiger partial charge >= 0.3 is 0 Å². The molecule has 2 aromatic heterocycles. The summed E-state index contributed by atoms with van der Waals surface area (Å²) in [5.41, 5.74) is 5.27. The summed E-state index contributed by atoms with van der Waals surface area (Å²) in [6.45, 7) is 5.37. The maximum Gasteiger partial charge on any atom is 0.257 e. The number of pyridine rings is 1. The van der Waals surface area contributed by atoms with E-state index in [1.165, 1.54) is 18.2 Å². The van der Waals surface area contributed by atoms with Crippen LogP contribution in [0.15, 0.2) is 60.8 Å². The Morgan fingerprint density at radius 2 is 1.70 bits per heavy atom. The number of carbonyl (C=O) groups excluding carboxylic acids is 3. The number of aromatic amines is 1. The van der Waals surface area contributed by atoms with Crippen molar-refractivity contribution in [1.29, 1.82) is 0 Å². The molecule has 0 saturated carbocycles. The van der Waals surface area contributed by atoms with Crippen LogP contribution in [-0.2, 0) is 4.79 Å². The van der Waals surface area contributed by atoms with Crippen molar-refractivity contribution in [2.45, 2.75) is 26.8 Å². The Kier molecular flexibility index (Phi) is 7.00. The molecule has 10 heteroatoms. The average molecular weight is 542 g/mol. The smallest absolute Gasteiger partial charge is 0.257 e. The number of rotatable bonds is 6. The van der Waals surface area contributed by atoms with Crippen molar-refractivity contribution in [2.75, 3.05) is 10.6 Å². The number of anilines is 2. The van der Waals surface area contributed by atoms with Crippen LogP contribution in [0.1, 0.15) is 61.8 Å². The van der Waals surface area contributed by atoms with Gasteiger partial charge in [-0.3, -0.25) is 14.4 Å². The van der Waals surface area contributed by atoms with Gasteiger partial charge in [-0.25, -0.2) is 9.37 Å². The van der Waals surface area contributed by atoms with E-state index in [4.69, 9.17) is 0 Å². The molecule has 8 nitrogen and oxygen atoms in total. The topological polar surface area (TPSA) is 116 Å². The molecule has 1 aliphatic heterocycles. The lowest BCUT2D eigenvalue weighted by Crippen LogP contribution is -2.26. The quantitative estimate of drug-likeness (QED) is 0.189. The van der Waals surface area contributed by atoms with E-state index in [1.807, 2.05) is 0 Å². The predicted octanol–water partition coefficient (Wildman–Crippen LogP) is 5.54. The summed E-state index contributed by atoms with van der Waals surface area (Å²) in [5, 5.41) is 8.52. The first-order valence-corrected chi connectivity index (χ1v) is 12.5.